The van der Waals surface area contributed by atoms with Crippen LogP contribution >= 0.6 is 23.4 Å². The number of para-hydroxylation sites is 2. The maximum atomic E-state index is 13.1. The summed E-state index contributed by atoms with van der Waals surface area (Å²) in [7, 11) is 0. The van der Waals surface area contributed by atoms with Crippen molar-refractivity contribution >= 4 is 35.0 Å². The Hall–Kier alpha value is -2.98. The van der Waals surface area contributed by atoms with E-state index in [1.54, 1.807) is 34.9 Å². The summed E-state index contributed by atoms with van der Waals surface area (Å²) < 4.78 is 46.7. The molecule has 1 aromatic heterocycles. The van der Waals surface area contributed by atoms with Crippen LogP contribution < -0.4 is 10.1 Å². The number of ether oxygens (including phenoxy) is 1. The first kappa shape index (κ1) is 23.7. The molecule has 1 N–H and O–H groups in total. The Balaban J connectivity index is 1.66. The number of benzene rings is 2. The van der Waals surface area contributed by atoms with Crippen LogP contribution in [0.5, 0.6) is 5.75 Å². The molecule has 6 nitrogen and oxygen atoms in total. The van der Waals surface area contributed by atoms with Crippen molar-refractivity contribution in [1.29, 1.82) is 0 Å². The van der Waals surface area contributed by atoms with E-state index in [1.165, 1.54) is 18.2 Å². The van der Waals surface area contributed by atoms with E-state index in [2.05, 4.69) is 22.1 Å². The van der Waals surface area contributed by atoms with Gasteiger partial charge in [0.1, 0.15) is 12.4 Å². The van der Waals surface area contributed by atoms with Crippen molar-refractivity contribution < 1.29 is 22.7 Å². The van der Waals surface area contributed by atoms with Crippen molar-refractivity contribution in [2.75, 3.05) is 11.1 Å². The van der Waals surface area contributed by atoms with E-state index in [1.807, 2.05) is 0 Å². The van der Waals surface area contributed by atoms with Crippen LogP contribution in [-0.2, 0) is 24.1 Å². The van der Waals surface area contributed by atoms with Gasteiger partial charge in [0.25, 0.3) is 0 Å². The van der Waals surface area contributed by atoms with Gasteiger partial charge in [-0.1, -0.05) is 53.7 Å². The normalized spacial score (nSPS) is 11.2. The highest BCUT2D eigenvalue weighted by molar-refractivity contribution is 7.99. The molecular weight excluding hydrogens is 465 g/mol. The fourth-order valence-corrected chi connectivity index (χ4v) is 3.66. The zero-order chi connectivity index (χ0) is 23.1. The highest BCUT2D eigenvalue weighted by Crippen LogP contribution is 2.34. The molecule has 2 aromatic carbocycles. The van der Waals surface area contributed by atoms with Crippen molar-refractivity contribution in [2.24, 2.45) is 0 Å². The molecule has 0 spiro atoms. The summed E-state index contributed by atoms with van der Waals surface area (Å²) in [6.07, 6.45) is -2.94. The second-order valence-corrected chi connectivity index (χ2v) is 7.75. The van der Waals surface area contributed by atoms with Gasteiger partial charge >= 0.3 is 6.18 Å². The Morgan fingerprint density at radius 1 is 1.19 bits per heavy atom. The summed E-state index contributed by atoms with van der Waals surface area (Å²) in [5.74, 6) is 0.204. The van der Waals surface area contributed by atoms with E-state index in [-0.39, 0.29) is 18.0 Å². The fourth-order valence-electron chi connectivity index (χ4n) is 2.70. The third-order valence-corrected chi connectivity index (χ3v) is 5.42. The number of nitrogens with one attached hydrogen (secondary N) is 1. The lowest BCUT2D eigenvalue weighted by Crippen LogP contribution is -2.18. The van der Waals surface area contributed by atoms with Gasteiger partial charge in [-0.15, -0.1) is 16.8 Å². The number of carbonyl (C=O) groups excluding carboxylic acids is 1. The molecule has 0 bridgehead atoms. The molecule has 3 rings (SSSR count). The van der Waals surface area contributed by atoms with E-state index < -0.39 is 17.6 Å². The number of halogens is 4. The van der Waals surface area contributed by atoms with Gasteiger partial charge < -0.3 is 10.1 Å². The molecule has 11 heteroatoms. The van der Waals surface area contributed by atoms with Gasteiger partial charge in [0.2, 0.25) is 5.91 Å². The van der Waals surface area contributed by atoms with Gasteiger partial charge in [0.15, 0.2) is 11.0 Å². The van der Waals surface area contributed by atoms with Crippen molar-refractivity contribution in [3.63, 3.8) is 0 Å². The van der Waals surface area contributed by atoms with E-state index in [0.717, 1.165) is 17.8 Å². The van der Waals surface area contributed by atoms with Crippen LogP contribution in [0.2, 0.25) is 5.02 Å². The summed E-state index contributed by atoms with van der Waals surface area (Å²) in [5.41, 5.74) is -1.21. The van der Waals surface area contributed by atoms with Crippen molar-refractivity contribution in [3.05, 3.63) is 77.6 Å². The van der Waals surface area contributed by atoms with Crippen molar-refractivity contribution in [1.82, 2.24) is 14.8 Å². The quantitative estimate of drug-likeness (QED) is 0.324. The number of carbonyl (C=O) groups is 1. The number of thioether (sulfide) groups is 1. The van der Waals surface area contributed by atoms with E-state index in [4.69, 9.17) is 16.3 Å². The Morgan fingerprint density at radius 3 is 2.62 bits per heavy atom. The topological polar surface area (TPSA) is 69.0 Å². The van der Waals surface area contributed by atoms with Crippen molar-refractivity contribution in [3.8, 4) is 5.75 Å². The summed E-state index contributed by atoms with van der Waals surface area (Å²) in [4.78, 5) is 12.3. The SMILES string of the molecule is C=CCn1c(COc2ccccc2Cl)nnc1SCC(=O)Nc1ccccc1C(F)(F)F. The predicted molar refractivity (Wildman–Crippen MR) is 117 cm³/mol. The molecule has 1 amide bonds. The molecule has 0 unspecified atom stereocenters. The van der Waals surface area contributed by atoms with Crippen LogP contribution in [-0.4, -0.2) is 26.4 Å². The lowest BCUT2D eigenvalue weighted by Gasteiger charge is -2.13. The molecule has 0 saturated heterocycles. The Morgan fingerprint density at radius 2 is 1.91 bits per heavy atom. The molecular formula is C21H18ClF3N4O2S. The second kappa shape index (κ2) is 10.6. The average Bonchev–Trinajstić information content (AvgIpc) is 3.13. The molecule has 0 aliphatic heterocycles. The standard InChI is InChI=1S/C21H18ClF3N4O2S/c1-2-11-29-18(12-31-17-10-6-4-8-15(17)22)27-28-20(29)32-13-19(30)26-16-9-5-3-7-14(16)21(23,24)25/h2-10H,1,11-13H2,(H,26,30). The van der Waals surface area contributed by atoms with Crippen LogP contribution in [0.25, 0.3) is 0 Å². The first-order valence-electron chi connectivity index (χ1n) is 9.28. The minimum absolute atomic E-state index is 0.0797. The molecule has 0 aliphatic carbocycles. The summed E-state index contributed by atoms with van der Waals surface area (Å²) in [5, 5.41) is 11.3. The number of alkyl halides is 3. The zero-order valence-electron chi connectivity index (χ0n) is 16.6. The fraction of sp³-hybridized carbons (Fsp3) is 0.190. The number of allylic oxidation sites excluding steroid dienone is 1. The lowest BCUT2D eigenvalue weighted by molar-refractivity contribution is -0.137. The van der Waals surface area contributed by atoms with Gasteiger partial charge in [0, 0.05) is 6.54 Å². The maximum absolute atomic E-state index is 13.1. The summed E-state index contributed by atoms with van der Waals surface area (Å²) in [6, 6.07) is 11.8. The number of rotatable bonds is 9. The highest BCUT2D eigenvalue weighted by Gasteiger charge is 2.33. The Bertz CT molecular complexity index is 1100. The number of anilines is 1. The average molecular weight is 483 g/mol. The van der Waals surface area contributed by atoms with Crippen LogP contribution in [0.1, 0.15) is 11.4 Å². The number of hydrogen-bond acceptors (Lipinski definition) is 5. The molecule has 0 aliphatic rings. The minimum atomic E-state index is -4.57. The number of nitrogens with zero attached hydrogens (tertiary/aromatic N) is 3. The molecule has 0 atom stereocenters. The largest absolute Gasteiger partial charge is 0.484 e. The monoisotopic (exact) mass is 482 g/mol. The van der Waals surface area contributed by atoms with Crippen LogP contribution in [0.4, 0.5) is 18.9 Å². The van der Waals surface area contributed by atoms with Crippen molar-refractivity contribution in [2.45, 2.75) is 24.5 Å². The van der Waals surface area contributed by atoms with Crippen LogP contribution in [0.15, 0.2) is 66.3 Å². The zero-order valence-corrected chi connectivity index (χ0v) is 18.2. The van der Waals surface area contributed by atoms with E-state index >= 15 is 0 Å². The van der Waals surface area contributed by atoms with Gasteiger partial charge in [0.05, 0.1) is 22.0 Å². The first-order valence-corrected chi connectivity index (χ1v) is 10.6. The van der Waals surface area contributed by atoms with Gasteiger partial charge in [-0.2, -0.15) is 13.2 Å². The third kappa shape index (κ3) is 6.04. The Kier molecular flexibility index (Phi) is 7.81. The second-order valence-electron chi connectivity index (χ2n) is 6.40. The van der Waals surface area contributed by atoms with Gasteiger partial charge in [-0.25, -0.2) is 0 Å². The number of hydrogen-bond donors (Lipinski definition) is 1. The molecule has 32 heavy (non-hydrogen) atoms. The molecule has 0 saturated carbocycles. The maximum Gasteiger partial charge on any atom is 0.418 e. The van der Waals surface area contributed by atoms with E-state index in [9.17, 15) is 18.0 Å². The van der Waals surface area contributed by atoms with Gasteiger partial charge in [-0.3, -0.25) is 9.36 Å². The third-order valence-electron chi connectivity index (χ3n) is 4.14. The molecule has 168 valence electrons. The van der Waals surface area contributed by atoms with Crippen LogP contribution in [0.3, 0.4) is 0 Å². The van der Waals surface area contributed by atoms with Crippen LogP contribution in [0, 0.1) is 0 Å². The predicted octanol–water partition coefficient (Wildman–Crippen LogP) is 5.45. The molecule has 0 radical (unpaired) electrons. The molecule has 3 aromatic rings. The lowest BCUT2D eigenvalue weighted by atomic mass is 10.1. The smallest absolute Gasteiger partial charge is 0.418 e. The number of amides is 1. The first-order chi connectivity index (χ1) is 15.3. The minimum Gasteiger partial charge on any atom is -0.484 e. The molecule has 0 fully saturated rings. The summed E-state index contributed by atoms with van der Waals surface area (Å²) in [6.45, 7) is 4.14. The van der Waals surface area contributed by atoms with Gasteiger partial charge in [-0.05, 0) is 24.3 Å². The number of aromatic nitrogens is 3. The highest BCUT2D eigenvalue weighted by atomic mass is 35.5. The Labute approximate surface area is 191 Å². The molecule has 1 heterocycles. The van der Waals surface area contributed by atoms with E-state index in [0.29, 0.717) is 28.3 Å². The summed E-state index contributed by atoms with van der Waals surface area (Å²) >= 11 is 7.12.